The van der Waals surface area contributed by atoms with E-state index >= 15 is 0 Å². The molecule has 0 amide bonds. The summed E-state index contributed by atoms with van der Waals surface area (Å²) in [7, 11) is 0. The van der Waals surface area contributed by atoms with Crippen LogP contribution in [0.15, 0.2) is 186 Å². The monoisotopic (exact) mass is 933 g/mol. The Hall–Kier alpha value is -7.42. The molecule has 0 saturated carbocycles. The van der Waals surface area contributed by atoms with Crippen molar-refractivity contribution in [1.29, 1.82) is 0 Å². The standard InChI is InChI=1S/C70H63NO/c1-66(2,3)43-28-34-51-52-35-29-44(67(4,5)6)39-60(52)70(59(51)38-43)61-40-45(68(7,8)9)30-36-53(61)55-21-16-20-48(64(55)70)42-26-31-46(32-27-42)71(62-24-17-22-56-54-19-13-15-25-63(54)72-65(56)62)47-33-37-50-49-18-12-14-23-57(49)69(10,11)58(50)41-47/h12-41H,1-11H3. The van der Waals surface area contributed by atoms with Crippen molar-refractivity contribution in [2.24, 2.45) is 0 Å². The summed E-state index contributed by atoms with van der Waals surface area (Å²) < 4.78 is 6.82. The lowest BCUT2D eigenvalue weighted by Crippen LogP contribution is -2.28. The first-order chi connectivity index (χ1) is 34.3. The summed E-state index contributed by atoms with van der Waals surface area (Å²) in [5.74, 6) is 0. The molecule has 13 rings (SSSR count). The lowest BCUT2D eigenvalue weighted by molar-refractivity contribution is 0.584. The molecule has 0 bridgehead atoms. The number of nitrogens with zero attached hydrogens (tertiary/aromatic N) is 1. The average Bonchev–Trinajstić information content (AvgIpc) is 4.05. The van der Waals surface area contributed by atoms with Gasteiger partial charge >= 0.3 is 0 Å². The molecule has 0 unspecified atom stereocenters. The fourth-order valence-electron chi connectivity index (χ4n) is 12.9. The molecule has 3 aliphatic carbocycles. The molecule has 3 aliphatic rings. The highest BCUT2D eigenvalue weighted by Gasteiger charge is 2.54. The molecule has 72 heavy (non-hydrogen) atoms. The summed E-state index contributed by atoms with van der Waals surface area (Å²) in [6.07, 6.45) is 0. The summed E-state index contributed by atoms with van der Waals surface area (Å²) >= 11 is 0. The Labute approximate surface area is 426 Å². The molecule has 2 nitrogen and oxygen atoms in total. The second-order valence-electron chi connectivity index (χ2n) is 24.5. The van der Waals surface area contributed by atoms with E-state index in [-0.39, 0.29) is 21.7 Å². The first-order valence-electron chi connectivity index (χ1n) is 26.0. The Balaban J connectivity index is 1.05. The van der Waals surface area contributed by atoms with Gasteiger partial charge in [-0.05, 0) is 147 Å². The maximum absolute atomic E-state index is 6.82. The van der Waals surface area contributed by atoms with Gasteiger partial charge in [0.25, 0.3) is 0 Å². The first kappa shape index (κ1) is 44.5. The molecule has 0 aliphatic heterocycles. The molecule has 354 valence electrons. The van der Waals surface area contributed by atoms with E-state index in [1.54, 1.807) is 0 Å². The third-order valence-corrected chi connectivity index (χ3v) is 16.8. The average molecular weight is 934 g/mol. The second-order valence-corrected chi connectivity index (χ2v) is 24.5. The van der Waals surface area contributed by atoms with Crippen LogP contribution in [-0.2, 0) is 27.1 Å². The molecule has 9 aromatic carbocycles. The highest BCUT2D eigenvalue weighted by atomic mass is 16.3. The quantitative estimate of drug-likeness (QED) is 0.175. The van der Waals surface area contributed by atoms with Crippen molar-refractivity contribution in [3.8, 4) is 44.5 Å². The number of furan rings is 1. The van der Waals surface area contributed by atoms with E-state index < -0.39 is 5.41 Å². The Morgan fingerprint density at radius 2 is 0.847 bits per heavy atom. The van der Waals surface area contributed by atoms with Gasteiger partial charge in [-0.25, -0.2) is 0 Å². The predicted molar refractivity (Wildman–Crippen MR) is 304 cm³/mol. The van der Waals surface area contributed by atoms with Crippen molar-refractivity contribution in [3.05, 3.63) is 232 Å². The topological polar surface area (TPSA) is 16.4 Å². The largest absolute Gasteiger partial charge is 0.454 e. The Morgan fingerprint density at radius 1 is 0.375 bits per heavy atom. The van der Waals surface area contributed by atoms with E-state index in [1.165, 1.54) is 94.6 Å². The highest BCUT2D eigenvalue weighted by Crippen LogP contribution is 2.66. The zero-order chi connectivity index (χ0) is 49.9. The number of rotatable bonds is 4. The minimum Gasteiger partial charge on any atom is -0.454 e. The van der Waals surface area contributed by atoms with Crippen molar-refractivity contribution < 1.29 is 4.42 Å². The summed E-state index contributed by atoms with van der Waals surface area (Å²) in [5, 5.41) is 2.23. The first-order valence-corrected chi connectivity index (χ1v) is 26.0. The second kappa shape index (κ2) is 15.1. The number of hydrogen-bond donors (Lipinski definition) is 0. The number of fused-ring (bicyclic) bond motifs is 16. The van der Waals surface area contributed by atoms with Gasteiger partial charge in [-0.15, -0.1) is 0 Å². The molecule has 1 heterocycles. The van der Waals surface area contributed by atoms with Crippen LogP contribution in [0, 0.1) is 0 Å². The normalized spacial score (nSPS) is 14.8. The van der Waals surface area contributed by atoms with E-state index in [9.17, 15) is 0 Å². The molecule has 0 saturated heterocycles. The molecule has 0 atom stereocenters. The molecule has 2 heteroatoms. The third-order valence-electron chi connectivity index (χ3n) is 16.8. The molecule has 1 aromatic heterocycles. The number of benzene rings is 9. The van der Waals surface area contributed by atoms with Crippen molar-refractivity contribution in [3.63, 3.8) is 0 Å². The van der Waals surface area contributed by atoms with E-state index in [1.807, 2.05) is 0 Å². The van der Waals surface area contributed by atoms with Gasteiger partial charge in [0.1, 0.15) is 5.58 Å². The molecule has 0 fully saturated rings. The maximum atomic E-state index is 6.82. The molecule has 10 aromatic rings. The van der Waals surface area contributed by atoms with Crippen LogP contribution in [0.25, 0.3) is 66.4 Å². The lowest BCUT2D eigenvalue weighted by Gasteiger charge is -2.35. The molecule has 0 radical (unpaired) electrons. The van der Waals surface area contributed by atoms with Gasteiger partial charge in [0.2, 0.25) is 0 Å². The van der Waals surface area contributed by atoms with Crippen LogP contribution in [0.3, 0.4) is 0 Å². The van der Waals surface area contributed by atoms with E-state index in [2.05, 4.69) is 263 Å². The van der Waals surface area contributed by atoms with Gasteiger partial charge in [0, 0.05) is 27.6 Å². The van der Waals surface area contributed by atoms with Crippen LogP contribution in [0.1, 0.15) is 126 Å². The van der Waals surface area contributed by atoms with Crippen LogP contribution in [0.4, 0.5) is 17.1 Å². The SMILES string of the molecule is CC(C)(C)c1ccc2c(c1)C1(c3cc(C(C)(C)C)ccc3-2)c2cc(C(C)(C)C)ccc2-c2cccc(-c3ccc(N(c4ccc5c(c4)C(C)(C)c4ccccc4-5)c4cccc5c4oc4ccccc45)cc3)c21. The van der Waals surface area contributed by atoms with Crippen LogP contribution in [-0.4, -0.2) is 0 Å². The Morgan fingerprint density at radius 3 is 1.47 bits per heavy atom. The van der Waals surface area contributed by atoms with Crippen molar-refractivity contribution >= 4 is 39.0 Å². The van der Waals surface area contributed by atoms with Crippen molar-refractivity contribution in [1.82, 2.24) is 0 Å². The lowest BCUT2D eigenvalue weighted by atomic mass is 9.66. The van der Waals surface area contributed by atoms with Crippen LogP contribution in [0.2, 0.25) is 0 Å². The summed E-state index contributed by atoms with van der Waals surface area (Å²) in [6.45, 7) is 25.9. The minimum atomic E-state index is -0.549. The fourth-order valence-corrected chi connectivity index (χ4v) is 12.9. The van der Waals surface area contributed by atoms with Gasteiger partial charge in [0.05, 0.1) is 11.1 Å². The summed E-state index contributed by atoms with van der Waals surface area (Å²) in [4.78, 5) is 2.42. The predicted octanol–water partition coefficient (Wildman–Crippen LogP) is 19.3. The van der Waals surface area contributed by atoms with Crippen molar-refractivity contribution in [2.45, 2.75) is 103 Å². The molecule has 0 N–H and O–H groups in total. The Kier molecular flexibility index (Phi) is 9.31. The smallest absolute Gasteiger partial charge is 0.159 e. The van der Waals surface area contributed by atoms with Gasteiger partial charge in [-0.2, -0.15) is 0 Å². The fraction of sp³-hybridized carbons (Fsp3) is 0.229. The van der Waals surface area contributed by atoms with Gasteiger partial charge in [-0.3, -0.25) is 0 Å². The molecule has 1 spiro atoms. The Bertz CT molecular complexity index is 3790. The summed E-state index contributed by atoms with van der Waals surface area (Å²) in [5.41, 5.74) is 26.8. The van der Waals surface area contributed by atoms with Gasteiger partial charge in [0.15, 0.2) is 5.58 Å². The van der Waals surface area contributed by atoms with Gasteiger partial charge in [-0.1, -0.05) is 222 Å². The minimum absolute atomic E-state index is 0.0361. The zero-order valence-corrected chi connectivity index (χ0v) is 43.7. The molecular weight excluding hydrogens is 871 g/mol. The van der Waals surface area contributed by atoms with Gasteiger partial charge < -0.3 is 9.32 Å². The number of hydrogen-bond acceptors (Lipinski definition) is 2. The van der Waals surface area contributed by atoms with Crippen LogP contribution in [0.5, 0.6) is 0 Å². The van der Waals surface area contributed by atoms with Crippen LogP contribution >= 0.6 is 0 Å². The van der Waals surface area contributed by atoms with E-state index in [0.717, 1.165) is 39.0 Å². The van der Waals surface area contributed by atoms with Crippen LogP contribution < -0.4 is 4.90 Å². The van der Waals surface area contributed by atoms with E-state index in [4.69, 9.17) is 4.42 Å². The van der Waals surface area contributed by atoms with Crippen molar-refractivity contribution in [2.75, 3.05) is 4.90 Å². The zero-order valence-electron chi connectivity index (χ0n) is 43.7. The number of anilines is 3. The maximum Gasteiger partial charge on any atom is 0.159 e. The summed E-state index contributed by atoms with van der Waals surface area (Å²) in [6, 6.07) is 69.6. The third kappa shape index (κ3) is 6.27. The number of para-hydroxylation sites is 2. The van der Waals surface area contributed by atoms with E-state index in [0.29, 0.717) is 0 Å². The molecular formula is C70H63NO. The highest BCUT2D eigenvalue weighted by molar-refractivity contribution is 6.10.